The lowest BCUT2D eigenvalue weighted by Crippen LogP contribution is -2.07. The second-order valence-corrected chi connectivity index (χ2v) is 9.71. The predicted octanol–water partition coefficient (Wildman–Crippen LogP) is 7.85. The van der Waals surface area contributed by atoms with E-state index in [4.69, 9.17) is 12.2 Å². The molecule has 0 aliphatic rings. The lowest BCUT2D eigenvalue weighted by Gasteiger charge is -2.09. The maximum atomic E-state index is 12.9. The molecule has 1 heterocycles. The summed E-state index contributed by atoms with van der Waals surface area (Å²) in [6.45, 7) is 4.69. The third-order valence-corrected chi connectivity index (χ3v) is 6.83. The zero-order valence-corrected chi connectivity index (χ0v) is 21.2. The molecule has 0 fully saturated rings. The van der Waals surface area contributed by atoms with Crippen LogP contribution in [0.3, 0.4) is 0 Å². The average molecular weight is 516 g/mol. The summed E-state index contributed by atoms with van der Waals surface area (Å²) in [5.41, 5.74) is 6.28. The highest BCUT2D eigenvalue weighted by Gasteiger charge is 2.30. The highest BCUT2D eigenvalue weighted by molar-refractivity contribution is 7.80. The summed E-state index contributed by atoms with van der Waals surface area (Å²) in [7, 11) is 0. The van der Waals surface area contributed by atoms with Gasteiger partial charge in [0.05, 0.1) is 23.1 Å². The first-order valence-corrected chi connectivity index (χ1v) is 12.3. The molecule has 0 saturated carbocycles. The van der Waals surface area contributed by atoms with E-state index in [1.54, 1.807) is 10.9 Å². The molecular formula is C30H24F3N3S. The maximum Gasteiger partial charge on any atom is 0.416 e. The molecule has 0 atom stereocenters. The van der Waals surface area contributed by atoms with E-state index in [0.29, 0.717) is 12.2 Å². The second-order valence-electron chi connectivity index (χ2n) is 9.13. The van der Waals surface area contributed by atoms with E-state index in [0.717, 1.165) is 50.8 Å². The Morgan fingerprint density at radius 2 is 1.70 bits per heavy atom. The van der Waals surface area contributed by atoms with Crippen molar-refractivity contribution in [2.75, 3.05) is 6.54 Å². The zero-order chi connectivity index (χ0) is 26.2. The minimum absolute atomic E-state index is 0.484. The van der Waals surface area contributed by atoms with Crippen molar-refractivity contribution in [3.8, 4) is 5.69 Å². The van der Waals surface area contributed by atoms with Gasteiger partial charge in [0.2, 0.25) is 0 Å². The zero-order valence-electron chi connectivity index (χ0n) is 20.4. The van der Waals surface area contributed by atoms with Gasteiger partial charge in [-0.25, -0.2) is 4.98 Å². The number of aliphatic imine (C=N–C) groups is 1. The van der Waals surface area contributed by atoms with E-state index < -0.39 is 11.7 Å². The Labute approximate surface area is 218 Å². The van der Waals surface area contributed by atoms with Crippen LogP contribution in [0.2, 0.25) is 0 Å². The van der Waals surface area contributed by atoms with Crippen molar-refractivity contribution < 1.29 is 13.2 Å². The Hall–Kier alpha value is -3.84. The number of hydrogen-bond acceptors (Lipinski definition) is 3. The van der Waals surface area contributed by atoms with Crippen LogP contribution < -0.4 is 0 Å². The van der Waals surface area contributed by atoms with Crippen molar-refractivity contribution in [1.29, 1.82) is 0 Å². The minimum Gasteiger partial charge on any atom is -0.299 e. The Morgan fingerprint density at radius 3 is 2.41 bits per heavy atom. The quantitative estimate of drug-likeness (QED) is 0.170. The molecule has 0 bridgehead atoms. The van der Waals surface area contributed by atoms with Crippen molar-refractivity contribution in [1.82, 2.24) is 9.55 Å². The maximum absolute atomic E-state index is 12.9. The van der Waals surface area contributed by atoms with Crippen LogP contribution in [-0.4, -0.2) is 27.2 Å². The van der Waals surface area contributed by atoms with Gasteiger partial charge in [0, 0.05) is 28.6 Å². The summed E-state index contributed by atoms with van der Waals surface area (Å²) in [6.07, 6.45) is -0.152. The summed E-state index contributed by atoms with van der Waals surface area (Å²) in [5, 5.41) is 1.97. The van der Waals surface area contributed by atoms with E-state index in [1.165, 1.54) is 28.8 Å². The van der Waals surface area contributed by atoms with Crippen LogP contribution in [0.5, 0.6) is 0 Å². The molecule has 0 aliphatic heterocycles. The number of hydrogen-bond donors (Lipinski definition) is 0. The van der Waals surface area contributed by atoms with Gasteiger partial charge in [-0.3, -0.25) is 9.56 Å². The first kappa shape index (κ1) is 24.8. The van der Waals surface area contributed by atoms with E-state index >= 15 is 0 Å². The molecule has 4 aromatic carbocycles. The van der Waals surface area contributed by atoms with Gasteiger partial charge in [-0.15, -0.1) is 0 Å². The second kappa shape index (κ2) is 9.90. The van der Waals surface area contributed by atoms with Crippen LogP contribution in [0.4, 0.5) is 13.2 Å². The van der Waals surface area contributed by atoms with Crippen molar-refractivity contribution >= 4 is 45.1 Å². The standard InChI is InChI=1S/C30H24F3N3S/c1-19-4-3-5-20(2)27(19)15-25(37)17-34-16-21-6-12-26-22(14-21)7-13-28-29(26)35-18-36(28)24-10-8-23(9-11-24)30(31,32)33/h3-14,16,18H,15,17H2,1-2H3. The van der Waals surface area contributed by atoms with Crippen molar-refractivity contribution in [2.45, 2.75) is 26.4 Å². The largest absolute Gasteiger partial charge is 0.416 e. The molecule has 5 aromatic rings. The lowest BCUT2D eigenvalue weighted by molar-refractivity contribution is -0.137. The van der Waals surface area contributed by atoms with E-state index in [1.807, 2.05) is 36.5 Å². The van der Waals surface area contributed by atoms with Gasteiger partial charge in [-0.2, -0.15) is 13.2 Å². The fraction of sp³-hybridized carbons (Fsp3) is 0.167. The monoisotopic (exact) mass is 515 g/mol. The third-order valence-electron chi connectivity index (χ3n) is 6.56. The number of thiocarbonyl (C=S) groups is 1. The molecule has 0 unspecified atom stereocenters. The summed E-state index contributed by atoms with van der Waals surface area (Å²) < 4.78 is 40.6. The van der Waals surface area contributed by atoms with Gasteiger partial charge in [0.1, 0.15) is 6.33 Å². The summed E-state index contributed by atoms with van der Waals surface area (Å²) in [6, 6.07) is 21.3. The van der Waals surface area contributed by atoms with Gasteiger partial charge < -0.3 is 0 Å². The van der Waals surface area contributed by atoms with Gasteiger partial charge in [-0.05, 0) is 77.9 Å². The van der Waals surface area contributed by atoms with Crippen LogP contribution in [0.15, 0.2) is 84.1 Å². The Kier molecular flexibility index (Phi) is 6.65. The van der Waals surface area contributed by atoms with Crippen LogP contribution in [-0.2, 0) is 12.6 Å². The number of aryl methyl sites for hydroxylation is 2. The van der Waals surface area contributed by atoms with Gasteiger partial charge >= 0.3 is 6.18 Å². The molecule has 1 aromatic heterocycles. The first-order valence-electron chi connectivity index (χ1n) is 11.8. The first-order chi connectivity index (χ1) is 17.7. The molecule has 0 N–H and O–H groups in total. The minimum atomic E-state index is -4.36. The number of fused-ring (bicyclic) bond motifs is 3. The average Bonchev–Trinajstić information content (AvgIpc) is 3.30. The van der Waals surface area contributed by atoms with Gasteiger partial charge in [-0.1, -0.05) is 48.6 Å². The normalized spacial score (nSPS) is 12.1. The molecule has 37 heavy (non-hydrogen) atoms. The Balaban J connectivity index is 1.34. The molecule has 0 amide bonds. The number of nitrogens with zero attached hydrogens (tertiary/aromatic N) is 3. The van der Waals surface area contributed by atoms with E-state index in [-0.39, 0.29) is 0 Å². The summed E-state index contributed by atoms with van der Waals surface area (Å²) in [4.78, 5) is 10.0. The number of rotatable bonds is 6. The van der Waals surface area contributed by atoms with Crippen LogP contribution in [0.25, 0.3) is 27.5 Å². The van der Waals surface area contributed by atoms with Crippen molar-refractivity contribution in [3.05, 3.63) is 107 Å². The van der Waals surface area contributed by atoms with E-state index in [2.05, 4.69) is 42.0 Å². The third kappa shape index (κ3) is 5.18. The fourth-order valence-corrected chi connectivity index (χ4v) is 4.78. The topological polar surface area (TPSA) is 30.2 Å². The molecule has 0 radical (unpaired) electrons. The van der Waals surface area contributed by atoms with Crippen LogP contribution >= 0.6 is 12.2 Å². The molecular weight excluding hydrogens is 491 g/mol. The Morgan fingerprint density at radius 1 is 0.973 bits per heavy atom. The molecule has 0 aliphatic carbocycles. The van der Waals surface area contributed by atoms with Crippen LogP contribution in [0, 0.1) is 13.8 Å². The van der Waals surface area contributed by atoms with Crippen molar-refractivity contribution in [3.63, 3.8) is 0 Å². The molecule has 0 saturated heterocycles. The molecule has 7 heteroatoms. The van der Waals surface area contributed by atoms with Crippen molar-refractivity contribution in [2.24, 2.45) is 4.99 Å². The number of benzene rings is 4. The number of halogens is 3. The smallest absolute Gasteiger partial charge is 0.299 e. The molecule has 3 nitrogen and oxygen atoms in total. The number of alkyl halides is 3. The molecule has 0 spiro atoms. The SMILES string of the molecule is Cc1cccc(C)c1CC(=S)CN=Cc1ccc2c(ccc3c2ncn3-c2ccc(C(F)(F)F)cc2)c1. The highest BCUT2D eigenvalue weighted by atomic mass is 32.1. The lowest BCUT2D eigenvalue weighted by atomic mass is 9.99. The summed E-state index contributed by atoms with van der Waals surface area (Å²) >= 11 is 5.59. The van der Waals surface area contributed by atoms with Gasteiger partial charge in [0.25, 0.3) is 0 Å². The van der Waals surface area contributed by atoms with Crippen LogP contribution in [0.1, 0.15) is 27.8 Å². The highest BCUT2D eigenvalue weighted by Crippen LogP contribution is 2.31. The Bertz CT molecular complexity index is 1630. The number of imidazole rings is 1. The molecule has 186 valence electrons. The van der Waals surface area contributed by atoms with Gasteiger partial charge in [0.15, 0.2) is 0 Å². The molecule has 5 rings (SSSR count). The van der Waals surface area contributed by atoms with E-state index in [9.17, 15) is 13.2 Å². The summed E-state index contributed by atoms with van der Waals surface area (Å²) in [5.74, 6) is 0. The fourth-order valence-electron chi connectivity index (χ4n) is 4.56. The predicted molar refractivity (Wildman–Crippen MR) is 148 cm³/mol. The number of aromatic nitrogens is 2.